The van der Waals surface area contributed by atoms with Gasteiger partial charge in [-0.15, -0.1) is 0 Å². The third-order valence-corrected chi connectivity index (χ3v) is 6.11. The summed E-state index contributed by atoms with van der Waals surface area (Å²) >= 11 is 0. The molecule has 2 saturated carbocycles. The number of piperidine rings is 1. The zero-order valence-electron chi connectivity index (χ0n) is 13.7. The van der Waals surface area contributed by atoms with Crippen molar-refractivity contribution in [1.29, 1.82) is 0 Å². The summed E-state index contributed by atoms with van der Waals surface area (Å²) in [5.41, 5.74) is 0.371. The maximum Gasteiger partial charge on any atom is 0.251 e. The molecule has 1 saturated heterocycles. The van der Waals surface area contributed by atoms with E-state index in [1.165, 1.54) is 25.7 Å². The molecule has 3 nitrogen and oxygen atoms in total. The van der Waals surface area contributed by atoms with Gasteiger partial charge >= 0.3 is 0 Å². The van der Waals surface area contributed by atoms with Gasteiger partial charge in [0.1, 0.15) is 0 Å². The molecule has 0 amide bonds. The summed E-state index contributed by atoms with van der Waals surface area (Å²) in [4.78, 5) is 1.90. The summed E-state index contributed by atoms with van der Waals surface area (Å²) in [6, 6.07) is 1.08. The highest BCUT2D eigenvalue weighted by atomic mass is 19.3. The lowest BCUT2D eigenvalue weighted by Gasteiger charge is -2.55. The Kier molecular flexibility index (Phi) is 5.35. The molecule has 3 aliphatic rings. The largest absolute Gasteiger partial charge is 0.378 e. The molecular formula is C17H30F2N2O. The van der Waals surface area contributed by atoms with E-state index in [9.17, 15) is 8.78 Å². The first kappa shape index (κ1) is 16.6. The van der Waals surface area contributed by atoms with E-state index in [1.54, 1.807) is 0 Å². The molecule has 0 unspecified atom stereocenters. The minimum absolute atomic E-state index is 0.0630. The van der Waals surface area contributed by atoms with Gasteiger partial charge in [-0.25, -0.2) is 8.78 Å². The molecule has 0 aromatic carbocycles. The van der Waals surface area contributed by atoms with Gasteiger partial charge in [0.2, 0.25) is 0 Å². The number of likely N-dealkylation sites (tertiary alicyclic amines) is 1. The molecule has 1 heterocycles. The van der Waals surface area contributed by atoms with Crippen LogP contribution in [0.25, 0.3) is 0 Å². The van der Waals surface area contributed by atoms with Crippen LogP contribution in [0.15, 0.2) is 0 Å². The molecule has 128 valence electrons. The Balaban J connectivity index is 1.48. The Morgan fingerprint density at radius 3 is 2.50 bits per heavy atom. The molecule has 1 spiro atoms. The second kappa shape index (κ2) is 7.10. The predicted molar refractivity (Wildman–Crippen MR) is 83.3 cm³/mol. The molecule has 3 fully saturated rings. The fraction of sp³-hybridized carbons (Fsp3) is 1.00. The summed E-state index contributed by atoms with van der Waals surface area (Å²) in [6.07, 6.45) is 6.60. The van der Waals surface area contributed by atoms with Crippen molar-refractivity contribution in [3.05, 3.63) is 0 Å². The van der Waals surface area contributed by atoms with Crippen molar-refractivity contribution >= 4 is 0 Å². The van der Waals surface area contributed by atoms with Crippen LogP contribution in [-0.4, -0.2) is 55.8 Å². The minimum Gasteiger partial charge on any atom is -0.378 e. The molecule has 5 heteroatoms. The van der Waals surface area contributed by atoms with Crippen LogP contribution in [-0.2, 0) is 4.74 Å². The lowest BCUT2D eigenvalue weighted by Crippen LogP contribution is -2.65. The van der Waals surface area contributed by atoms with Gasteiger partial charge in [0, 0.05) is 24.1 Å². The first-order valence-electron chi connectivity index (χ1n) is 9.02. The molecule has 0 radical (unpaired) electrons. The molecule has 2 atom stereocenters. The van der Waals surface area contributed by atoms with E-state index < -0.39 is 6.43 Å². The maximum atomic E-state index is 12.4. The third kappa shape index (κ3) is 3.31. The SMILES string of the molecule is CCO[C@H]1C[C@@H](NC2CCN(CC(F)F)CC2)C12CCCC2. The molecular weight excluding hydrogens is 286 g/mol. The molecule has 0 bridgehead atoms. The summed E-state index contributed by atoms with van der Waals surface area (Å²) in [5, 5.41) is 3.86. The van der Waals surface area contributed by atoms with Crippen LogP contribution in [0.3, 0.4) is 0 Å². The van der Waals surface area contributed by atoms with E-state index in [4.69, 9.17) is 4.74 Å². The maximum absolute atomic E-state index is 12.4. The molecule has 2 aliphatic carbocycles. The number of nitrogens with one attached hydrogen (secondary N) is 1. The third-order valence-electron chi connectivity index (χ3n) is 6.11. The van der Waals surface area contributed by atoms with Crippen LogP contribution in [0.4, 0.5) is 8.78 Å². The van der Waals surface area contributed by atoms with Crippen molar-refractivity contribution in [1.82, 2.24) is 10.2 Å². The number of nitrogens with zero attached hydrogens (tertiary/aromatic N) is 1. The number of ether oxygens (including phenoxy) is 1. The minimum atomic E-state index is -2.20. The van der Waals surface area contributed by atoms with Crippen molar-refractivity contribution in [3.63, 3.8) is 0 Å². The van der Waals surface area contributed by atoms with E-state index in [1.807, 2.05) is 4.90 Å². The van der Waals surface area contributed by atoms with E-state index in [0.717, 1.165) is 39.0 Å². The fourth-order valence-corrected chi connectivity index (χ4v) is 4.88. The van der Waals surface area contributed by atoms with Crippen LogP contribution in [0, 0.1) is 5.41 Å². The molecule has 0 aromatic rings. The quantitative estimate of drug-likeness (QED) is 0.815. The zero-order valence-corrected chi connectivity index (χ0v) is 13.7. The van der Waals surface area contributed by atoms with Crippen molar-refractivity contribution in [3.8, 4) is 0 Å². The predicted octanol–water partition coefficient (Wildman–Crippen LogP) is 3.04. The first-order chi connectivity index (χ1) is 10.6. The van der Waals surface area contributed by atoms with Gasteiger partial charge < -0.3 is 10.1 Å². The molecule has 0 aromatic heterocycles. The van der Waals surface area contributed by atoms with Crippen molar-refractivity contribution in [2.24, 2.45) is 5.41 Å². The standard InChI is InChI=1S/C17H30F2N2O/c1-2-22-15-11-14(17(15)7-3-4-8-17)20-13-5-9-21(10-6-13)12-16(18)19/h13-16,20H,2-12H2,1H3/t14-,15+/m1/s1. The van der Waals surface area contributed by atoms with Crippen LogP contribution >= 0.6 is 0 Å². The molecule has 3 rings (SSSR count). The van der Waals surface area contributed by atoms with Gasteiger partial charge in [0.05, 0.1) is 12.6 Å². The lowest BCUT2D eigenvalue weighted by molar-refractivity contribution is -0.133. The topological polar surface area (TPSA) is 24.5 Å². The summed E-state index contributed by atoms with van der Waals surface area (Å²) < 4.78 is 30.8. The van der Waals surface area contributed by atoms with Gasteiger partial charge in [-0.1, -0.05) is 12.8 Å². The van der Waals surface area contributed by atoms with Crippen molar-refractivity contribution in [2.75, 3.05) is 26.2 Å². The fourth-order valence-electron chi connectivity index (χ4n) is 4.88. The van der Waals surface area contributed by atoms with E-state index in [0.29, 0.717) is 23.6 Å². The highest BCUT2D eigenvalue weighted by molar-refractivity contribution is 5.10. The summed E-state index contributed by atoms with van der Waals surface area (Å²) in [5.74, 6) is 0. The van der Waals surface area contributed by atoms with Gasteiger partial charge in [0.25, 0.3) is 6.43 Å². The van der Waals surface area contributed by atoms with Gasteiger partial charge in [-0.2, -0.15) is 0 Å². The number of rotatable bonds is 6. The van der Waals surface area contributed by atoms with Gasteiger partial charge in [-0.3, -0.25) is 4.90 Å². The zero-order chi connectivity index (χ0) is 15.6. The Hall–Kier alpha value is -0.260. The second-order valence-electron chi connectivity index (χ2n) is 7.31. The van der Waals surface area contributed by atoms with Crippen LogP contribution in [0.1, 0.15) is 51.9 Å². The Morgan fingerprint density at radius 2 is 1.91 bits per heavy atom. The van der Waals surface area contributed by atoms with Gasteiger partial charge in [0.15, 0.2) is 0 Å². The number of hydrogen-bond donors (Lipinski definition) is 1. The van der Waals surface area contributed by atoms with E-state index in [-0.39, 0.29) is 6.54 Å². The molecule has 1 N–H and O–H groups in total. The second-order valence-corrected chi connectivity index (χ2v) is 7.31. The van der Waals surface area contributed by atoms with E-state index in [2.05, 4.69) is 12.2 Å². The smallest absolute Gasteiger partial charge is 0.251 e. The number of hydrogen-bond acceptors (Lipinski definition) is 3. The summed E-state index contributed by atoms with van der Waals surface area (Å²) in [6.45, 7) is 4.44. The first-order valence-corrected chi connectivity index (χ1v) is 9.02. The summed E-state index contributed by atoms with van der Waals surface area (Å²) in [7, 11) is 0. The number of alkyl halides is 2. The average molecular weight is 316 g/mol. The highest BCUT2D eigenvalue weighted by Gasteiger charge is 2.56. The van der Waals surface area contributed by atoms with Crippen LogP contribution in [0.2, 0.25) is 0 Å². The van der Waals surface area contributed by atoms with E-state index >= 15 is 0 Å². The van der Waals surface area contributed by atoms with Crippen molar-refractivity contribution < 1.29 is 13.5 Å². The Labute approximate surface area is 132 Å². The normalized spacial score (nSPS) is 32.7. The molecule has 1 aliphatic heterocycles. The van der Waals surface area contributed by atoms with Crippen LogP contribution in [0.5, 0.6) is 0 Å². The highest BCUT2D eigenvalue weighted by Crippen LogP contribution is 2.55. The Morgan fingerprint density at radius 1 is 1.23 bits per heavy atom. The average Bonchev–Trinajstić information content (AvgIpc) is 3.00. The molecule has 22 heavy (non-hydrogen) atoms. The Bertz CT molecular complexity index is 353. The lowest BCUT2D eigenvalue weighted by atomic mass is 9.60. The monoisotopic (exact) mass is 316 g/mol. The van der Waals surface area contributed by atoms with Crippen LogP contribution < -0.4 is 5.32 Å². The van der Waals surface area contributed by atoms with Gasteiger partial charge in [-0.05, 0) is 52.1 Å². The van der Waals surface area contributed by atoms with Crippen molar-refractivity contribution in [2.45, 2.75) is 76.5 Å². The number of halogens is 2.